The van der Waals surface area contributed by atoms with Crippen molar-refractivity contribution in [3.63, 3.8) is 0 Å². The highest BCUT2D eigenvalue weighted by molar-refractivity contribution is 6.34. The molecule has 0 saturated heterocycles. The maximum atomic E-state index is 11.4. The van der Waals surface area contributed by atoms with E-state index in [4.69, 9.17) is 18.2 Å². The first-order valence-electron chi connectivity index (χ1n) is 4.17. The van der Waals surface area contributed by atoms with Gasteiger partial charge >= 0.3 is 0 Å². The first-order chi connectivity index (χ1) is 7.13. The molecule has 0 saturated carbocycles. The number of rotatable bonds is 0. The predicted molar refractivity (Wildman–Crippen MR) is 58.3 cm³/mol. The van der Waals surface area contributed by atoms with Crippen LogP contribution in [-0.2, 0) is 7.05 Å². The van der Waals surface area contributed by atoms with Gasteiger partial charge in [-0.15, -0.1) is 4.98 Å². The van der Waals surface area contributed by atoms with Gasteiger partial charge in [-0.25, -0.2) is 0 Å². The minimum absolute atomic E-state index is 0.190. The van der Waals surface area contributed by atoms with E-state index in [0.29, 0.717) is 11.0 Å². The van der Waals surface area contributed by atoms with Crippen molar-refractivity contribution in [2.24, 2.45) is 7.05 Å². The molecule has 0 fully saturated rings. The van der Waals surface area contributed by atoms with Crippen LogP contribution < -0.4 is 5.56 Å². The van der Waals surface area contributed by atoms with Gasteiger partial charge in [-0.3, -0.25) is 4.79 Å². The van der Waals surface area contributed by atoms with E-state index in [1.165, 1.54) is 10.6 Å². The molecule has 5 heteroatoms. The Labute approximate surface area is 90.6 Å². The number of fused-ring (bicyclic) bond motifs is 1. The van der Waals surface area contributed by atoms with Crippen molar-refractivity contribution in [3.05, 3.63) is 45.0 Å². The Hall–Kier alpha value is -1.86. The van der Waals surface area contributed by atoms with Crippen LogP contribution in [0, 0.1) is 6.57 Å². The molecule has 15 heavy (non-hydrogen) atoms. The van der Waals surface area contributed by atoms with Crippen molar-refractivity contribution in [2.75, 3.05) is 0 Å². The Morgan fingerprint density at radius 2 is 2.27 bits per heavy atom. The molecule has 74 valence electrons. The van der Waals surface area contributed by atoms with E-state index in [1.807, 2.05) is 0 Å². The Morgan fingerprint density at radius 3 is 2.93 bits per heavy atom. The summed E-state index contributed by atoms with van der Waals surface area (Å²) in [6.07, 6.45) is 0. The van der Waals surface area contributed by atoms with Crippen molar-refractivity contribution in [2.45, 2.75) is 0 Å². The molecule has 0 aliphatic rings. The van der Waals surface area contributed by atoms with Crippen LogP contribution >= 0.6 is 11.6 Å². The third-order valence-corrected chi connectivity index (χ3v) is 2.43. The first kappa shape index (κ1) is 9.69. The fourth-order valence-corrected chi connectivity index (χ4v) is 1.57. The number of aryl methyl sites for hydroxylation is 1. The van der Waals surface area contributed by atoms with Gasteiger partial charge in [-0.05, 0) is 12.1 Å². The van der Waals surface area contributed by atoms with Gasteiger partial charge in [0.2, 0.25) is 0 Å². The standard InChI is InChI=1S/C10H6ClN3O/c1-12-8-4-3-7-10(13-8)6(11)5-9(15)14(7)2/h3-5H,2H3. The van der Waals surface area contributed by atoms with Gasteiger partial charge in [-0.2, -0.15) is 0 Å². The number of halogens is 1. The van der Waals surface area contributed by atoms with Crippen LogP contribution in [0.5, 0.6) is 0 Å². The summed E-state index contributed by atoms with van der Waals surface area (Å²) < 4.78 is 1.45. The monoisotopic (exact) mass is 219 g/mol. The fraction of sp³-hybridized carbons (Fsp3) is 0.100. The molecule has 0 radical (unpaired) electrons. The molecular formula is C10H6ClN3O. The minimum Gasteiger partial charge on any atom is -0.361 e. The molecule has 0 bridgehead atoms. The van der Waals surface area contributed by atoms with E-state index < -0.39 is 0 Å². The summed E-state index contributed by atoms with van der Waals surface area (Å²) in [6, 6.07) is 4.53. The SMILES string of the molecule is [C-]#[N+]c1ccc2c(n1)c(Cl)cc(=O)n2C. The summed E-state index contributed by atoms with van der Waals surface area (Å²) in [5.41, 5.74) is 0.914. The summed E-state index contributed by atoms with van der Waals surface area (Å²) in [7, 11) is 1.64. The lowest BCUT2D eigenvalue weighted by Crippen LogP contribution is -2.15. The van der Waals surface area contributed by atoms with Gasteiger partial charge in [0.15, 0.2) is 5.52 Å². The van der Waals surface area contributed by atoms with E-state index in [2.05, 4.69) is 9.83 Å². The summed E-state index contributed by atoms with van der Waals surface area (Å²) >= 11 is 5.88. The molecule has 0 aromatic carbocycles. The van der Waals surface area contributed by atoms with Gasteiger partial charge in [0.1, 0.15) is 0 Å². The molecule has 0 spiro atoms. The van der Waals surface area contributed by atoms with Crippen molar-refractivity contribution < 1.29 is 0 Å². The van der Waals surface area contributed by atoms with Crippen LogP contribution in [0.1, 0.15) is 0 Å². The van der Waals surface area contributed by atoms with Gasteiger partial charge in [-0.1, -0.05) is 18.2 Å². The third kappa shape index (κ3) is 1.47. The van der Waals surface area contributed by atoms with Crippen LogP contribution in [0.15, 0.2) is 23.0 Å². The molecule has 0 amide bonds. The molecule has 4 nitrogen and oxygen atoms in total. The second-order valence-electron chi connectivity index (χ2n) is 3.04. The van der Waals surface area contributed by atoms with Gasteiger partial charge in [0.25, 0.3) is 11.4 Å². The molecule has 2 heterocycles. The third-order valence-electron chi connectivity index (χ3n) is 2.14. The van der Waals surface area contributed by atoms with Crippen molar-refractivity contribution in [1.29, 1.82) is 0 Å². The maximum Gasteiger partial charge on any atom is 0.270 e. The second kappa shape index (κ2) is 3.37. The zero-order chi connectivity index (χ0) is 11.0. The summed E-state index contributed by atoms with van der Waals surface area (Å²) in [5.74, 6) is 0.267. The molecule has 2 rings (SSSR count). The largest absolute Gasteiger partial charge is 0.361 e. The first-order valence-corrected chi connectivity index (χ1v) is 4.55. The maximum absolute atomic E-state index is 11.4. The number of hydrogen-bond donors (Lipinski definition) is 0. The Bertz CT molecular complexity index is 639. The van der Waals surface area contributed by atoms with E-state index in [0.717, 1.165) is 0 Å². The Balaban J connectivity index is 2.98. The second-order valence-corrected chi connectivity index (χ2v) is 3.45. The average molecular weight is 220 g/mol. The molecule has 0 N–H and O–H groups in total. The summed E-state index contributed by atoms with van der Waals surface area (Å²) in [6.45, 7) is 6.84. The average Bonchev–Trinajstić information content (AvgIpc) is 2.25. The summed E-state index contributed by atoms with van der Waals surface area (Å²) in [5, 5.41) is 0.276. The van der Waals surface area contributed by atoms with E-state index in [1.54, 1.807) is 19.2 Å². The van der Waals surface area contributed by atoms with Crippen LogP contribution in [-0.4, -0.2) is 9.55 Å². The van der Waals surface area contributed by atoms with E-state index in [-0.39, 0.29) is 16.4 Å². The zero-order valence-electron chi connectivity index (χ0n) is 7.86. The topological polar surface area (TPSA) is 39.2 Å². The molecule has 0 aliphatic carbocycles. The van der Waals surface area contributed by atoms with E-state index >= 15 is 0 Å². The molecule has 0 unspecified atom stereocenters. The molecule has 2 aromatic heterocycles. The smallest absolute Gasteiger partial charge is 0.270 e. The predicted octanol–water partition coefficient (Wildman–Crippen LogP) is 2.14. The number of aromatic nitrogens is 2. The molecule has 0 aliphatic heterocycles. The number of pyridine rings is 2. The Kier molecular flexibility index (Phi) is 2.18. The van der Waals surface area contributed by atoms with Crippen molar-refractivity contribution >= 4 is 28.5 Å². The normalized spacial score (nSPS) is 10.2. The van der Waals surface area contributed by atoms with Gasteiger partial charge in [0, 0.05) is 13.1 Å². The molecular weight excluding hydrogens is 214 g/mol. The quantitative estimate of drug-likeness (QED) is 0.637. The van der Waals surface area contributed by atoms with Crippen LogP contribution in [0.4, 0.5) is 5.82 Å². The van der Waals surface area contributed by atoms with Gasteiger partial charge < -0.3 is 9.41 Å². The highest BCUT2D eigenvalue weighted by Gasteiger charge is 2.09. The minimum atomic E-state index is -0.190. The number of nitrogens with zero attached hydrogens (tertiary/aromatic N) is 3. The Morgan fingerprint density at radius 1 is 1.53 bits per heavy atom. The lowest BCUT2D eigenvalue weighted by molar-refractivity contribution is 0.904. The fourth-order valence-electron chi connectivity index (χ4n) is 1.34. The zero-order valence-corrected chi connectivity index (χ0v) is 8.62. The highest BCUT2D eigenvalue weighted by atomic mass is 35.5. The summed E-state index contributed by atoms with van der Waals surface area (Å²) in [4.78, 5) is 18.7. The highest BCUT2D eigenvalue weighted by Crippen LogP contribution is 2.21. The van der Waals surface area contributed by atoms with Crippen LogP contribution in [0.2, 0.25) is 5.02 Å². The van der Waals surface area contributed by atoms with Gasteiger partial charge in [0.05, 0.1) is 10.5 Å². The number of hydrogen-bond acceptors (Lipinski definition) is 2. The lowest BCUT2D eigenvalue weighted by atomic mass is 10.3. The molecule has 2 aromatic rings. The van der Waals surface area contributed by atoms with Crippen molar-refractivity contribution in [3.8, 4) is 0 Å². The van der Waals surface area contributed by atoms with Crippen LogP contribution in [0.3, 0.4) is 0 Å². The molecule has 0 atom stereocenters. The van der Waals surface area contributed by atoms with Crippen molar-refractivity contribution in [1.82, 2.24) is 9.55 Å². The lowest BCUT2D eigenvalue weighted by Gasteiger charge is -2.02. The van der Waals surface area contributed by atoms with Crippen LogP contribution in [0.25, 0.3) is 15.9 Å². The van der Waals surface area contributed by atoms with E-state index in [9.17, 15) is 4.79 Å².